The van der Waals surface area contributed by atoms with Crippen molar-refractivity contribution in [3.05, 3.63) is 0 Å². The summed E-state index contributed by atoms with van der Waals surface area (Å²) in [5, 5.41) is 2.76. The Kier molecular flexibility index (Phi) is 7.59. The lowest BCUT2D eigenvalue weighted by Crippen LogP contribution is -2.78. The van der Waals surface area contributed by atoms with Crippen molar-refractivity contribution in [1.29, 1.82) is 0 Å². The van der Waals surface area contributed by atoms with Gasteiger partial charge in [0.2, 0.25) is 5.91 Å². The number of hydrogen-bond donors (Lipinski definition) is 4. The Labute approximate surface area is 84.9 Å². The molecule has 0 aromatic rings. The van der Waals surface area contributed by atoms with E-state index in [4.69, 9.17) is 11.5 Å². The summed E-state index contributed by atoms with van der Waals surface area (Å²) in [5.74, 6) is 0.320. The Hall–Kier alpha value is -1.26. The summed E-state index contributed by atoms with van der Waals surface area (Å²) in [6, 6.07) is 0. The highest BCUT2D eigenvalue weighted by Gasteiger charge is 1.92. The number of carbonyl (C=O) groups is 1. The summed E-state index contributed by atoms with van der Waals surface area (Å²) in [5.41, 5.74) is 10.4. The second-order valence-electron chi connectivity index (χ2n) is 3.28. The van der Waals surface area contributed by atoms with Gasteiger partial charge in [-0.05, 0) is 12.8 Å². The fraction of sp³-hybridized carbons (Fsp3) is 0.778. The van der Waals surface area contributed by atoms with E-state index in [-0.39, 0.29) is 11.9 Å². The summed E-state index contributed by atoms with van der Waals surface area (Å²) < 4.78 is 0. The zero-order valence-electron chi connectivity index (χ0n) is 8.81. The van der Waals surface area contributed by atoms with Crippen LogP contribution in [0.2, 0.25) is 0 Å². The van der Waals surface area contributed by atoms with E-state index in [0.29, 0.717) is 0 Å². The molecule has 82 valence electrons. The van der Waals surface area contributed by atoms with Crippen molar-refractivity contribution in [2.45, 2.75) is 32.6 Å². The van der Waals surface area contributed by atoms with E-state index in [0.717, 1.165) is 38.8 Å². The van der Waals surface area contributed by atoms with Crippen LogP contribution >= 0.6 is 0 Å². The molecule has 0 aromatic carbocycles. The first-order chi connectivity index (χ1) is 6.63. The van der Waals surface area contributed by atoms with E-state index in [1.54, 1.807) is 0 Å². The van der Waals surface area contributed by atoms with Crippen LogP contribution in [0.3, 0.4) is 0 Å². The summed E-state index contributed by atoms with van der Waals surface area (Å²) in [6.45, 7) is 3.13. The minimum absolute atomic E-state index is 0.0390. The molecule has 14 heavy (non-hydrogen) atoms. The minimum Gasteiger partial charge on any atom is -0.356 e. The Balaban J connectivity index is 3.07. The summed E-state index contributed by atoms with van der Waals surface area (Å²) in [7, 11) is 0. The predicted molar refractivity (Wildman–Crippen MR) is 56.4 cm³/mol. The molecule has 0 aliphatic heterocycles. The third kappa shape index (κ3) is 10.7. The first-order valence-corrected chi connectivity index (χ1v) is 4.99. The largest absolute Gasteiger partial charge is 0.356 e. The number of nitrogens with two attached hydrogens (primary N) is 2. The Morgan fingerprint density at radius 1 is 1.21 bits per heavy atom. The van der Waals surface area contributed by atoms with Crippen LogP contribution in [0.25, 0.3) is 0 Å². The minimum atomic E-state index is 0.0390. The first kappa shape index (κ1) is 12.7. The molecule has 0 heterocycles. The molecule has 6 N–H and O–H groups in total. The molecule has 0 aliphatic carbocycles. The molecule has 0 rings (SSSR count). The number of guanidine groups is 1. The molecule has 0 bridgehead atoms. The van der Waals surface area contributed by atoms with Gasteiger partial charge in [0.15, 0.2) is 0 Å². The van der Waals surface area contributed by atoms with Crippen LogP contribution < -0.4 is 21.8 Å². The van der Waals surface area contributed by atoms with Gasteiger partial charge in [0, 0.05) is 13.5 Å². The smallest absolute Gasteiger partial charge is 0.338 e. The van der Waals surface area contributed by atoms with Gasteiger partial charge >= 0.3 is 5.96 Å². The fourth-order valence-electron chi connectivity index (χ4n) is 1.10. The first-order valence-electron chi connectivity index (χ1n) is 4.99. The van der Waals surface area contributed by atoms with Crippen LogP contribution in [0.1, 0.15) is 32.6 Å². The van der Waals surface area contributed by atoms with Crippen LogP contribution in [0.4, 0.5) is 0 Å². The maximum absolute atomic E-state index is 10.5. The highest BCUT2D eigenvalue weighted by atomic mass is 16.1. The molecule has 0 saturated heterocycles. The zero-order chi connectivity index (χ0) is 10.8. The van der Waals surface area contributed by atoms with Gasteiger partial charge in [-0.15, -0.1) is 0 Å². The molecular formula is C9H21N4O+. The lowest BCUT2D eigenvalue weighted by Gasteiger charge is -2.00. The van der Waals surface area contributed by atoms with Crippen molar-refractivity contribution in [2.75, 3.05) is 13.1 Å². The van der Waals surface area contributed by atoms with E-state index in [1.165, 1.54) is 6.92 Å². The molecule has 5 heteroatoms. The van der Waals surface area contributed by atoms with Crippen molar-refractivity contribution < 1.29 is 9.79 Å². The van der Waals surface area contributed by atoms with Gasteiger partial charge in [-0.1, -0.05) is 12.8 Å². The van der Waals surface area contributed by atoms with E-state index >= 15 is 0 Å². The van der Waals surface area contributed by atoms with Crippen molar-refractivity contribution in [3.8, 4) is 0 Å². The monoisotopic (exact) mass is 201 g/mol. The molecule has 1 amide bonds. The number of hydrogen-bond acceptors (Lipinski definition) is 1. The average molecular weight is 201 g/mol. The number of rotatable bonds is 7. The molecule has 0 radical (unpaired) electrons. The van der Waals surface area contributed by atoms with Crippen molar-refractivity contribution in [1.82, 2.24) is 5.32 Å². The zero-order valence-corrected chi connectivity index (χ0v) is 8.81. The highest BCUT2D eigenvalue weighted by molar-refractivity contribution is 5.72. The predicted octanol–water partition coefficient (Wildman–Crippen LogP) is -1.96. The maximum atomic E-state index is 10.5. The lowest BCUT2D eigenvalue weighted by molar-refractivity contribution is -0.459. The van der Waals surface area contributed by atoms with Gasteiger partial charge in [-0.2, -0.15) is 0 Å². The standard InChI is InChI=1S/C9H20N4O/c1-8(14)12-6-4-2-3-5-7-13-9(10)11/h2-7H2,1H3,(H,12,14)(H4,10,11,13)/p+1. The highest BCUT2D eigenvalue weighted by Crippen LogP contribution is 1.96. The van der Waals surface area contributed by atoms with E-state index in [1.807, 2.05) is 0 Å². The Bertz CT molecular complexity index is 187. The van der Waals surface area contributed by atoms with Crippen molar-refractivity contribution in [2.24, 2.45) is 11.5 Å². The normalized spacial score (nSPS) is 9.50. The van der Waals surface area contributed by atoms with Crippen molar-refractivity contribution >= 4 is 11.9 Å². The van der Waals surface area contributed by atoms with Crippen LogP contribution in [0, 0.1) is 0 Å². The molecule has 0 unspecified atom stereocenters. The summed E-state index contributed by atoms with van der Waals surface area (Å²) in [4.78, 5) is 13.4. The van der Waals surface area contributed by atoms with Gasteiger partial charge in [0.1, 0.15) is 0 Å². The van der Waals surface area contributed by atoms with E-state index in [9.17, 15) is 4.79 Å². The van der Waals surface area contributed by atoms with Gasteiger partial charge in [-0.3, -0.25) is 21.3 Å². The average Bonchev–Trinajstić information content (AvgIpc) is 2.08. The maximum Gasteiger partial charge on any atom is 0.338 e. The SMILES string of the molecule is CC(=O)NCCCCCC[NH+]=C(N)N. The van der Waals surface area contributed by atoms with E-state index < -0.39 is 0 Å². The number of amides is 1. The third-order valence-electron chi connectivity index (χ3n) is 1.81. The second kappa shape index (κ2) is 8.34. The molecule has 0 fully saturated rings. The molecule has 0 atom stereocenters. The van der Waals surface area contributed by atoms with Gasteiger partial charge in [-0.25, -0.2) is 0 Å². The van der Waals surface area contributed by atoms with Gasteiger partial charge < -0.3 is 5.32 Å². The Morgan fingerprint density at radius 3 is 2.43 bits per heavy atom. The van der Waals surface area contributed by atoms with Crippen LogP contribution in [0.15, 0.2) is 0 Å². The molecule has 5 nitrogen and oxygen atoms in total. The number of unbranched alkanes of at least 4 members (excludes halogenated alkanes) is 3. The Morgan fingerprint density at radius 2 is 1.86 bits per heavy atom. The second-order valence-corrected chi connectivity index (χ2v) is 3.28. The van der Waals surface area contributed by atoms with E-state index in [2.05, 4.69) is 10.3 Å². The summed E-state index contributed by atoms with van der Waals surface area (Å²) in [6.07, 6.45) is 4.33. The number of carbonyl (C=O) groups excluding carboxylic acids is 1. The van der Waals surface area contributed by atoms with Crippen LogP contribution in [-0.2, 0) is 4.79 Å². The van der Waals surface area contributed by atoms with Crippen molar-refractivity contribution in [3.63, 3.8) is 0 Å². The van der Waals surface area contributed by atoms with Gasteiger partial charge in [0.05, 0.1) is 6.54 Å². The number of nitrogens with one attached hydrogen (secondary N) is 2. The fourth-order valence-corrected chi connectivity index (χ4v) is 1.10. The molecular weight excluding hydrogens is 180 g/mol. The molecule has 0 saturated carbocycles. The molecule has 0 aromatic heterocycles. The van der Waals surface area contributed by atoms with Crippen LogP contribution in [-0.4, -0.2) is 25.0 Å². The van der Waals surface area contributed by atoms with Gasteiger partial charge in [0.25, 0.3) is 0 Å². The quantitative estimate of drug-likeness (QED) is 0.219. The topological polar surface area (TPSA) is 95.1 Å². The van der Waals surface area contributed by atoms with Crippen LogP contribution in [0.5, 0.6) is 0 Å². The lowest BCUT2D eigenvalue weighted by atomic mass is 10.2. The molecule has 0 spiro atoms. The summed E-state index contributed by atoms with van der Waals surface area (Å²) >= 11 is 0. The third-order valence-corrected chi connectivity index (χ3v) is 1.81. The molecule has 0 aliphatic rings.